The Morgan fingerprint density at radius 2 is 1.50 bits per heavy atom. The van der Waals surface area contributed by atoms with Gasteiger partial charge in [-0.15, -0.1) is 0 Å². The van der Waals surface area contributed by atoms with Gasteiger partial charge in [0.25, 0.3) is 0 Å². The van der Waals surface area contributed by atoms with Gasteiger partial charge in [-0.3, -0.25) is 9.59 Å². The van der Waals surface area contributed by atoms with Crippen LogP contribution >= 0.6 is 23.2 Å². The van der Waals surface area contributed by atoms with Crippen LogP contribution in [0.5, 0.6) is 0 Å². The molecule has 0 heterocycles. The highest BCUT2D eigenvalue weighted by Gasteiger charge is 2.17. The second kappa shape index (κ2) is 5.97. The topological polar surface area (TPSA) is 34.1 Å². The summed E-state index contributed by atoms with van der Waals surface area (Å²) >= 11 is 10.5. The van der Waals surface area contributed by atoms with Crippen LogP contribution in [-0.4, -0.2) is 10.5 Å². The van der Waals surface area contributed by atoms with Gasteiger partial charge < -0.3 is 0 Å². The van der Waals surface area contributed by atoms with Gasteiger partial charge >= 0.3 is 0 Å². The first-order valence-corrected chi connectivity index (χ1v) is 5.36. The fourth-order valence-electron chi connectivity index (χ4n) is 1.43. The van der Waals surface area contributed by atoms with E-state index in [-0.39, 0.29) is 18.7 Å². The minimum atomic E-state index is -0.549. The minimum Gasteiger partial charge on any atom is -0.281 e. The van der Waals surface area contributed by atoms with Crippen LogP contribution in [-0.2, 0) is 9.59 Å². The zero-order valence-corrected chi connectivity index (χ0v) is 9.76. The van der Waals surface area contributed by atoms with E-state index in [1.807, 2.05) is 0 Å². The van der Waals surface area contributed by atoms with E-state index in [1.165, 1.54) is 24.3 Å². The van der Waals surface area contributed by atoms with Gasteiger partial charge in [-0.1, -0.05) is 12.1 Å². The predicted molar refractivity (Wildman–Crippen MR) is 60.1 cm³/mol. The summed E-state index contributed by atoms with van der Waals surface area (Å²) in [4.78, 5) is 21.6. The maximum atomic E-state index is 12.7. The monoisotopic (exact) mass is 262 g/mol. The third-order valence-electron chi connectivity index (χ3n) is 2.16. The van der Waals surface area contributed by atoms with Crippen LogP contribution in [0.1, 0.15) is 24.3 Å². The minimum absolute atomic E-state index is 0.00560. The number of benzene rings is 1. The zero-order chi connectivity index (χ0) is 12.1. The highest BCUT2D eigenvalue weighted by Crippen LogP contribution is 2.25. The second-order valence-electron chi connectivity index (χ2n) is 3.37. The number of carbonyl (C=O) groups is 2. The van der Waals surface area contributed by atoms with Crippen molar-refractivity contribution in [3.8, 4) is 0 Å². The Labute approximate surface area is 102 Å². The van der Waals surface area contributed by atoms with Crippen molar-refractivity contribution < 1.29 is 14.0 Å². The van der Waals surface area contributed by atoms with Crippen LogP contribution in [0.25, 0.3) is 0 Å². The summed E-state index contributed by atoms with van der Waals surface area (Å²) in [5.41, 5.74) is 0.671. The molecule has 5 heteroatoms. The average molecular weight is 263 g/mol. The first-order chi connectivity index (χ1) is 7.49. The van der Waals surface area contributed by atoms with Crippen LogP contribution in [0.2, 0.25) is 0 Å². The molecule has 0 bridgehead atoms. The lowest BCUT2D eigenvalue weighted by atomic mass is 9.93. The highest BCUT2D eigenvalue weighted by atomic mass is 35.5. The Balaban J connectivity index is 2.86. The molecule has 0 aliphatic rings. The average Bonchev–Trinajstić information content (AvgIpc) is 2.16. The summed E-state index contributed by atoms with van der Waals surface area (Å²) in [7, 11) is 0. The molecule has 0 N–H and O–H groups in total. The van der Waals surface area contributed by atoms with E-state index in [4.69, 9.17) is 23.2 Å². The quantitative estimate of drug-likeness (QED) is 0.764. The molecule has 0 fully saturated rings. The van der Waals surface area contributed by atoms with Gasteiger partial charge in [0.1, 0.15) is 5.82 Å². The lowest BCUT2D eigenvalue weighted by Gasteiger charge is -2.12. The third-order valence-corrected chi connectivity index (χ3v) is 2.46. The summed E-state index contributed by atoms with van der Waals surface area (Å²) in [5.74, 6) is -0.771. The first-order valence-electron chi connectivity index (χ1n) is 4.61. The number of rotatable bonds is 5. The normalized spacial score (nSPS) is 10.5. The van der Waals surface area contributed by atoms with Gasteiger partial charge in [-0.05, 0) is 40.9 Å². The molecular formula is C11H9Cl2FO2. The molecule has 1 rings (SSSR count). The molecule has 0 aromatic heterocycles. The first kappa shape index (κ1) is 13.1. The second-order valence-corrected chi connectivity index (χ2v) is 4.21. The molecular weight excluding hydrogens is 254 g/mol. The van der Waals surface area contributed by atoms with Gasteiger partial charge in [0, 0.05) is 18.8 Å². The zero-order valence-electron chi connectivity index (χ0n) is 8.25. The number of hydrogen-bond donors (Lipinski definition) is 0. The molecule has 0 radical (unpaired) electrons. The van der Waals surface area contributed by atoms with E-state index < -0.39 is 16.4 Å². The van der Waals surface area contributed by atoms with Crippen molar-refractivity contribution in [1.82, 2.24) is 0 Å². The van der Waals surface area contributed by atoms with E-state index in [1.54, 1.807) is 0 Å². The molecule has 86 valence electrons. The van der Waals surface area contributed by atoms with E-state index in [0.29, 0.717) is 5.56 Å². The molecule has 0 unspecified atom stereocenters. The lowest BCUT2D eigenvalue weighted by molar-refractivity contribution is -0.113. The van der Waals surface area contributed by atoms with E-state index in [9.17, 15) is 14.0 Å². The van der Waals surface area contributed by atoms with Crippen molar-refractivity contribution >= 4 is 33.7 Å². The molecule has 0 saturated carbocycles. The molecule has 0 spiro atoms. The van der Waals surface area contributed by atoms with Gasteiger partial charge in [0.15, 0.2) is 0 Å². The van der Waals surface area contributed by atoms with Crippen LogP contribution in [0.4, 0.5) is 4.39 Å². The van der Waals surface area contributed by atoms with Gasteiger partial charge in [-0.2, -0.15) is 0 Å². The highest BCUT2D eigenvalue weighted by molar-refractivity contribution is 6.64. The van der Waals surface area contributed by atoms with Crippen molar-refractivity contribution in [2.45, 2.75) is 18.8 Å². The van der Waals surface area contributed by atoms with Crippen molar-refractivity contribution in [3.63, 3.8) is 0 Å². The predicted octanol–water partition coefficient (Wildman–Crippen LogP) is 3.22. The molecule has 0 aliphatic heterocycles. The fraction of sp³-hybridized carbons (Fsp3) is 0.273. The molecule has 0 saturated heterocycles. The summed E-state index contributed by atoms with van der Waals surface area (Å²) in [6, 6.07) is 5.55. The van der Waals surface area contributed by atoms with Crippen LogP contribution in [0.15, 0.2) is 24.3 Å². The maximum absolute atomic E-state index is 12.7. The van der Waals surface area contributed by atoms with Gasteiger partial charge in [0.05, 0.1) is 0 Å². The van der Waals surface area contributed by atoms with Crippen LogP contribution in [0, 0.1) is 5.82 Å². The van der Waals surface area contributed by atoms with Crippen LogP contribution in [0.3, 0.4) is 0 Å². The molecule has 1 aromatic carbocycles. The molecule has 16 heavy (non-hydrogen) atoms. The fourth-order valence-corrected chi connectivity index (χ4v) is 1.80. The van der Waals surface area contributed by atoms with E-state index in [0.717, 1.165) is 0 Å². The molecule has 0 aliphatic carbocycles. The number of carbonyl (C=O) groups excluding carboxylic acids is 2. The van der Waals surface area contributed by atoms with Crippen molar-refractivity contribution in [1.29, 1.82) is 0 Å². The largest absolute Gasteiger partial charge is 0.281 e. The summed E-state index contributed by atoms with van der Waals surface area (Å²) in [5, 5.41) is -1.10. The summed E-state index contributed by atoms with van der Waals surface area (Å²) in [6.45, 7) is 0. The Morgan fingerprint density at radius 1 is 1.06 bits per heavy atom. The number of hydrogen-bond acceptors (Lipinski definition) is 2. The summed E-state index contributed by atoms with van der Waals surface area (Å²) < 4.78 is 12.7. The van der Waals surface area contributed by atoms with Crippen molar-refractivity contribution in [3.05, 3.63) is 35.6 Å². The standard InChI is InChI=1S/C11H9Cl2FO2/c12-10(15)5-8(6-11(13)16)7-1-3-9(14)4-2-7/h1-4,8H,5-6H2. The van der Waals surface area contributed by atoms with E-state index in [2.05, 4.69) is 0 Å². The lowest BCUT2D eigenvalue weighted by Crippen LogP contribution is -2.06. The molecule has 0 amide bonds. The molecule has 2 nitrogen and oxygen atoms in total. The number of halogens is 3. The maximum Gasteiger partial charge on any atom is 0.222 e. The van der Waals surface area contributed by atoms with Crippen molar-refractivity contribution in [2.24, 2.45) is 0 Å². The Morgan fingerprint density at radius 3 is 1.88 bits per heavy atom. The van der Waals surface area contributed by atoms with Crippen molar-refractivity contribution in [2.75, 3.05) is 0 Å². The van der Waals surface area contributed by atoms with Gasteiger partial charge in [-0.25, -0.2) is 4.39 Å². The van der Waals surface area contributed by atoms with Gasteiger partial charge in [0.2, 0.25) is 10.5 Å². The smallest absolute Gasteiger partial charge is 0.222 e. The Bertz CT molecular complexity index is 373. The molecule has 0 atom stereocenters. The third kappa shape index (κ3) is 4.29. The van der Waals surface area contributed by atoms with Crippen LogP contribution < -0.4 is 0 Å². The SMILES string of the molecule is O=C(Cl)CC(CC(=O)Cl)c1ccc(F)cc1. The Kier molecular flexibility index (Phi) is 4.90. The summed E-state index contributed by atoms with van der Waals surface area (Å²) in [6.07, 6.45) is 0.0112. The van der Waals surface area contributed by atoms with E-state index >= 15 is 0 Å². The Hall–Kier alpha value is -0.930. The molecule has 1 aromatic rings.